The van der Waals surface area contributed by atoms with Gasteiger partial charge in [0.2, 0.25) is 0 Å². The first-order valence-electron chi connectivity index (χ1n) is 6.57. The molecule has 98 valence electrons. The molecule has 0 fully saturated rings. The SMILES string of the molecule is CC(=O)c1c(C)c(C)c(C)c2c1CCC(C)(C)O2. The lowest BCUT2D eigenvalue weighted by Crippen LogP contribution is -2.34. The third kappa shape index (κ3) is 1.94. The average Bonchev–Trinajstić information content (AvgIpc) is 2.26. The van der Waals surface area contributed by atoms with Crippen LogP contribution in [0.1, 0.15) is 59.8 Å². The highest BCUT2D eigenvalue weighted by Crippen LogP contribution is 2.40. The topological polar surface area (TPSA) is 26.3 Å². The van der Waals surface area contributed by atoms with Gasteiger partial charge in [0, 0.05) is 11.1 Å². The van der Waals surface area contributed by atoms with Crippen molar-refractivity contribution in [2.45, 2.75) is 60.0 Å². The molecule has 0 spiro atoms. The molecular weight excluding hydrogens is 224 g/mol. The van der Waals surface area contributed by atoms with Gasteiger partial charge in [0.05, 0.1) is 0 Å². The Bertz CT molecular complexity index is 525. The van der Waals surface area contributed by atoms with E-state index in [9.17, 15) is 4.79 Å². The highest BCUT2D eigenvalue weighted by molar-refractivity contribution is 5.98. The molecule has 0 amide bonds. The number of hydrogen-bond donors (Lipinski definition) is 0. The van der Waals surface area contributed by atoms with Crippen molar-refractivity contribution < 1.29 is 9.53 Å². The highest BCUT2D eigenvalue weighted by Gasteiger charge is 2.31. The summed E-state index contributed by atoms with van der Waals surface area (Å²) in [5.74, 6) is 1.09. The molecule has 18 heavy (non-hydrogen) atoms. The van der Waals surface area contributed by atoms with Gasteiger partial charge >= 0.3 is 0 Å². The standard InChI is InChI=1S/C16H22O2/c1-9-10(2)14(12(4)17)13-7-8-16(5,6)18-15(13)11(9)3/h7-8H2,1-6H3. The van der Waals surface area contributed by atoms with Crippen molar-refractivity contribution in [3.63, 3.8) is 0 Å². The van der Waals surface area contributed by atoms with Gasteiger partial charge in [0.15, 0.2) is 5.78 Å². The van der Waals surface area contributed by atoms with E-state index < -0.39 is 0 Å². The van der Waals surface area contributed by atoms with Crippen molar-refractivity contribution in [1.82, 2.24) is 0 Å². The van der Waals surface area contributed by atoms with Gasteiger partial charge in [-0.25, -0.2) is 0 Å². The molecule has 0 atom stereocenters. The zero-order valence-corrected chi connectivity index (χ0v) is 12.2. The Morgan fingerprint density at radius 2 is 1.72 bits per heavy atom. The first kappa shape index (κ1) is 13.1. The minimum absolute atomic E-state index is 0.131. The molecule has 1 aromatic rings. The molecule has 0 N–H and O–H groups in total. The Labute approximate surface area is 109 Å². The van der Waals surface area contributed by atoms with E-state index in [0.717, 1.165) is 35.3 Å². The van der Waals surface area contributed by atoms with Gasteiger partial charge in [0.25, 0.3) is 0 Å². The number of fused-ring (bicyclic) bond motifs is 1. The maximum Gasteiger partial charge on any atom is 0.160 e. The van der Waals surface area contributed by atoms with Gasteiger partial charge in [-0.2, -0.15) is 0 Å². The van der Waals surface area contributed by atoms with Crippen LogP contribution in [0.15, 0.2) is 0 Å². The normalized spacial score (nSPS) is 17.0. The number of hydrogen-bond acceptors (Lipinski definition) is 2. The Balaban J connectivity index is 2.74. The van der Waals surface area contributed by atoms with Crippen LogP contribution < -0.4 is 4.74 Å². The van der Waals surface area contributed by atoms with Crippen molar-refractivity contribution in [2.75, 3.05) is 0 Å². The summed E-state index contributed by atoms with van der Waals surface area (Å²) < 4.78 is 6.12. The van der Waals surface area contributed by atoms with Crippen LogP contribution in [0, 0.1) is 20.8 Å². The average molecular weight is 246 g/mol. The van der Waals surface area contributed by atoms with Crippen LogP contribution in [0.2, 0.25) is 0 Å². The van der Waals surface area contributed by atoms with E-state index in [1.807, 2.05) is 6.92 Å². The fourth-order valence-corrected chi connectivity index (χ4v) is 2.81. The Morgan fingerprint density at radius 3 is 2.28 bits per heavy atom. The molecule has 1 heterocycles. The fraction of sp³-hybridized carbons (Fsp3) is 0.562. The van der Waals surface area contributed by atoms with Gasteiger partial charge < -0.3 is 4.74 Å². The number of ether oxygens (including phenoxy) is 1. The minimum Gasteiger partial charge on any atom is -0.487 e. The van der Waals surface area contributed by atoms with Gasteiger partial charge in [-0.1, -0.05) is 0 Å². The second kappa shape index (κ2) is 4.11. The molecule has 0 bridgehead atoms. The molecule has 2 rings (SSSR count). The fourth-order valence-electron chi connectivity index (χ4n) is 2.81. The summed E-state index contributed by atoms with van der Waals surface area (Å²) in [6.07, 6.45) is 1.89. The lowest BCUT2D eigenvalue weighted by molar-refractivity contribution is 0.0821. The van der Waals surface area contributed by atoms with Crippen molar-refractivity contribution in [3.05, 3.63) is 27.8 Å². The second-order valence-electron chi connectivity index (χ2n) is 5.98. The van der Waals surface area contributed by atoms with Gasteiger partial charge in [-0.3, -0.25) is 4.79 Å². The van der Waals surface area contributed by atoms with Crippen LogP contribution >= 0.6 is 0 Å². The summed E-state index contributed by atoms with van der Waals surface area (Å²) in [4.78, 5) is 11.9. The second-order valence-corrected chi connectivity index (χ2v) is 5.98. The van der Waals surface area contributed by atoms with E-state index in [-0.39, 0.29) is 11.4 Å². The number of carbonyl (C=O) groups excluding carboxylic acids is 1. The summed E-state index contributed by atoms with van der Waals surface area (Å²) in [5.41, 5.74) is 5.33. The predicted molar refractivity (Wildman–Crippen MR) is 73.7 cm³/mol. The minimum atomic E-state index is -0.131. The Morgan fingerprint density at radius 1 is 1.11 bits per heavy atom. The summed E-state index contributed by atoms with van der Waals surface area (Å²) in [7, 11) is 0. The van der Waals surface area contributed by atoms with Gasteiger partial charge in [-0.15, -0.1) is 0 Å². The molecule has 0 aliphatic carbocycles. The molecular formula is C16H22O2. The van der Waals surface area contributed by atoms with E-state index >= 15 is 0 Å². The van der Waals surface area contributed by atoms with E-state index in [1.54, 1.807) is 6.92 Å². The van der Waals surface area contributed by atoms with Crippen molar-refractivity contribution in [1.29, 1.82) is 0 Å². The largest absolute Gasteiger partial charge is 0.487 e. The lowest BCUT2D eigenvalue weighted by atomic mass is 9.84. The third-order valence-corrected chi connectivity index (χ3v) is 4.12. The van der Waals surface area contributed by atoms with Crippen LogP contribution in [0.25, 0.3) is 0 Å². The number of ketones is 1. The van der Waals surface area contributed by atoms with Crippen molar-refractivity contribution >= 4 is 5.78 Å². The maximum atomic E-state index is 11.9. The molecule has 0 radical (unpaired) electrons. The van der Waals surface area contributed by atoms with E-state index in [1.165, 1.54) is 11.1 Å². The summed E-state index contributed by atoms with van der Waals surface area (Å²) >= 11 is 0. The van der Waals surface area contributed by atoms with Crippen LogP contribution in [-0.4, -0.2) is 11.4 Å². The molecule has 0 aromatic heterocycles. The number of rotatable bonds is 1. The molecule has 2 heteroatoms. The molecule has 0 saturated heterocycles. The molecule has 1 aromatic carbocycles. The Kier molecular flexibility index (Phi) is 3.00. The third-order valence-electron chi connectivity index (χ3n) is 4.12. The number of carbonyl (C=O) groups is 1. The summed E-state index contributed by atoms with van der Waals surface area (Å²) in [6.45, 7) is 12.1. The van der Waals surface area contributed by atoms with Crippen LogP contribution in [0.3, 0.4) is 0 Å². The zero-order chi connectivity index (χ0) is 13.7. The van der Waals surface area contributed by atoms with Crippen LogP contribution in [0.5, 0.6) is 5.75 Å². The highest BCUT2D eigenvalue weighted by atomic mass is 16.5. The first-order chi connectivity index (χ1) is 8.24. The summed E-state index contributed by atoms with van der Waals surface area (Å²) in [6, 6.07) is 0. The Hall–Kier alpha value is -1.31. The van der Waals surface area contributed by atoms with E-state index in [0.29, 0.717) is 0 Å². The van der Waals surface area contributed by atoms with E-state index in [4.69, 9.17) is 4.74 Å². The number of Topliss-reactive ketones (excluding diaryl/α,β-unsaturated/α-hetero) is 1. The van der Waals surface area contributed by atoms with E-state index in [2.05, 4.69) is 27.7 Å². The van der Waals surface area contributed by atoms with Crippen molar-refractivity contribution in [2.24, 2.45) is 0 Å². The monoisotopic (exact) mass is 246 g/mol. The molecule has 0 unspecified atom stereocenters. The smallest absolute Gasteiger partial charge is 0.160 e. The van der Waals surface area contributed by atoms with Crippen LogP contribution in [0.4, 0.5) is 0 Å². The van der Waals surface area contributed by atoms with Gasteiger partial charge in [0.1, 0.15) is 11.4 Å². The molecule has 1 aliphatic rings. The maximum absolute atomic E-state index is 11.9. The predicted octanol–water partition coefficient (Wildman–Crippen LogP) is 3.92. The molecule has 2 nitrogen and oxygen atoms in total. The van der Waals surface area contributed by atoms with Crippen LogP contribution in [-0.2, 0) is 6.42 Å². The lowest BCUT2D eigenvalue weighted by Gasteiger charge is -2.35. The van der Waals surface area contributed by atoms with Gasteiger partial charge in [-0.05, 0) is 71.1 Å². The number of benzene rings is 1. The first-order valence-corrected chi connectivity index (χ1v) is 6.57. The molecule has 1 aliphatic heterocycles. The molecule has 0 saturated carbocycles. The van der Waals surface area contributed by atoms with Crippen molar-refractivity contribution in [3.8, 4) is 5.75 Å². The quantitative estimate of drug-likeness (QED) is 0.702. The summed E-state index contributed by atoms with van der Waals surface area (Å²) in [5, 5.41) is 0. The zero-order valence-electron chi connectivity index (χ0n) is 12.2.